The van der Waals surface area contributed by atoms with Crippen molar-refractivity contribution in [2.24, 2.45) is 0 Å². The molecule has 0 atom stereocenters. The van der Waals surface area contributed by atoms with Crippen LogP contribution in [0.2, 0.25) is 0 Å². The van der Waals surface area contributed by atoms with E-state index in [-0.39, 0.29) is 0 Å². The van der Waals surface area contributed by atoms with E-state index < -0.39 is 9.84 Å². The van der Waals surface area contributed by atoms with Crippen LogP contribution in [-0.4, -0.2) is 14.7 Å². The molecule has 0 aliphatic carbocycles. The van der Waals surface area contributed by atoms with Gasteiger partial charge in [0.25, 0.3) is 0 Å². The second-order valence-corrected chi connectivity index (χ2v) is 6.02. The van der Waals surface area contributed by atoms with Crippen LogP contribution in [0.25, 0.3) is 0 Å². The van der Waals surface area contributed by atoms with E-state index in [1.807, 2.05) is 36.4 Å². The highest BCUT2D eigenvalue weighted by molar-refractivity contribution is 7.95. The molecule has 102 valence electrons. The zero-order valence-electron chi connectivity index (χ0n) is 11.0. The second-order valence-electron chi connectivity index (χ2n) is 4.27. The molecule has 0 spiro atoms. The van der Waals surface area contributed by atoms with Gasteiger partial charge in [0.15, 0.2) is 0 Å². The maximum absolute atomic E-state index is 11.1. The lowest BCUT2D eigenvalue weighted by Gasteiger charge is -2.07. The lowest BCUT2D eigenvalue weighted by molar-refractivity contribution is 0.305. The van der Waals surface area contributed by atoms with Crippen LogP contribution in [0, 0.1) is 11.2 Å². The number of sulfone groups is 1. The SMILES string of the molecule is CS(=O)(=O)C#Cc1ccccc1OCc1ccccc1. The summed E-state index contributed by atoms with van der Waals surface area (Å²) in [7, 11) is -3.32. The topological polar surface area (TPSA) is 43.4 Å². The minimum Gasteiger partial charge on any atom is -0.488 e. The van der Waals surface area contributed by atoms with Crippen LogP contribution in [-0.2, 0) is 16.4 Å². The fraction of sp³-hybridized carbons (Fsp3) is 0.125. The molecule has 0 aliphatic heterocycles. The molecule has 0 amide bonds. The molecule has 0 saturated carbocycles. The number of hydrogen-bond donors (Lipinski definition) is 0. The van der Waals surface area contributed by atoms with E-state index in [9.17, 15) is 8.42 Å². The molecular formula is C16H14O3S. The highest BCUT2D eigenvalue weighted by Gasteiger charge is 2.01. The van der Waals surface area contributed by atoms with Crippen molar-refractivity contribution in [3.05, 3.63) is 65.7 Å². The molecule has 0 radical (unpaired) electrons. The molecule has 4 heteroatoms. The molecule has 20 heavy (non-hydrogen) atoms. The van der Waals surface area contributed by atoms with E-state index in [1.54, 1.807) is 18.2 Å². The molecule has 3 nitrogen and oxygen atoms in total. The molecule has 0 saturated heterocycles. The molecule has 0 N–H and O–H groups in total. The lowest BCUT2D eigenvalue weighted by atomic mass is 10.2. The molecule has 2 aromatic rings. The third-order valence-electron chi connectivity index (χ3n) is 2.50. The van der Waals surface area contributed by atoms with Crippen molar-refractivity contribution in [2.45, 2.75) is 6.61 Å². The summed E-state index contributed by atoms with van der Waals surface area (Å²) in [6, 6.07) is 16.9. The van der Waals surface area contributed by atoms with E-state index >= 15 is 0 Å². The molecule has 0 bridgehead atoms. The van der Waals surface area contributed by atoms with Crippen LogP contribution in [0.1, 0.15) is 11.1 Å². The van der Waals surface area contributed by atoms with Crippen molar-refractivity contribution in [2.75, 3.05) is 6.26 Å². The third-order valence-corrected chi connectivity index (χ3v) is 2.97. The van der Waals surface area contributed by atoms with E-state index in [1.165, 1.54) is 0 Å². The van der Waals surface area contributed by atoms with Gasteiger partial charge in [0.05, 0.1) is 11.8 Å². The first-order chi connectivity index (χ1) is 9.54. The quantitative estimate of drug-likeness (QED) is 0.815. The van der Waals surface area contributed by atoms with Crippen LogP contribution in [0.5, 0.6) is 5.75 Å². The van der Waals surface area contributed by atoms with Gasteiger partial charge in [0.1, 0.15) is 12.4 Å². The average molecular weight is 286 g/mol. The molecular weight excluding hydrogens is 272 g/mol. The summed E-state index contributed by atoms with van der Waals surface area (Å²) in [5.41, 5.74) is 1.60. The first-order valence-corrected chi connectivity index (χ1v) is 7.92. The first kappa shape index (κ1) is 14.2. The van der Waals surface area contributed by atoms with Crippen LogP contribution in [0.4, 0.5) is 0 Å². The normalized spacial score (nSPS) is 10.4. The number of benzene rings is 2. The summed E-state index contributed by atoms with van der Waals surface area (Å²) >= 11 is 0. The number of ether oxygens (including phenoxy) is 1. The largest absolute Gasteiger partial charge is 0.488 e. The first-order valence-electron chi connectivity index (χ1n) is 6.03. The minimum absolute atomic E-state index is 0.415. The van der Waals surface area contributed by atoms with Gasteiger partial charge in [0.2, 0.25) is 9.84 Å². The van der Waals surface area contributed by atoms with Crippen molar-refractivity contribution in [3.8, 4) is 16.9 Å². The zero-order valence-corrected chi connectivity index (χ0v) is 11.9. The van der Waals surface area contributed by atoms with Gasteiger partial charge in [-0.2, -0.15) is 0 Å². The van der Waals surface area contributed by atoms with Crippen molar-refractivity contribution in [1.29, 1.82) is 0 Å². The predicted octanol–water partition coefficient (Wildman–Crippen LogP) is 2.62. The van der Waals surface area contributed by atoms with E-state index in [0.717, 1.165) is 11.8 Å². The van der Waals surface area contributed by atoms with E-state index in [0.29, 0.717) is 17.9 Å². The summed E-state index contributed by atoms with van der Waals surface area (Å²) in [5.74, 6) is 3.20. The lowest BCUT2D eigenvalue weighted by Crippen LogP contribution is -1.97. The van der Waals surface area contributed by atoms with Crippen molar-refractivity contribution in [1.82, 2.24) is 0 Å². The Kier molecular flexibility index (Phi) is 4.44. The summed E-state index contributed by atoms with van der Waals surface area (Å²) < 4.78 is 27.9. The van der Waals surface area contributed by atoms with Crippen LogP contribution >= 0.6 is 0 Å². The van der Waals surface area contributed by atoms with Gasteiger partial charge in [-0.15, -0.1) is 0 Å². The summed E-state index contributed by atoms with van der Waals surface area (Å²) in [4.78, 5) is 0. The Balaban J connectivity index is 2.18. The Morgan fingerprint density at radius 3 is 2.35 bits per heavy atom. The molecule has 2 aromatic carbocycles. The zero-order chi connectivity index (χ0) is 14.4. The van der Waals surface area contributed by atoms with Gasteiger partial charge in [-0.1, -0.05) is 42.5 Å². The van der Waals surface area contributed by atoms with E-state index in [2.05, 4.69) is 11.2 Å². The Hall–Kier alpha value is -2.25. The number of para-hydroxylation sites is 1. The Labute approximate surface area is 119 Å². The summed E-state index contributed by atoms with van der Waals surface area (Å²) in [6.07, 6.45) is 1.08. The third kappa shape index (κ3) is 4.45. The fourth-order valence-corrected chi connectivity index (χ4v) is 1.87. The maximum Gasteiger partial charge on any atom is 0.214 e. The Morgan fingerprint density at radius 1 is 1.00 bits per heavy atom. The fourth-order valence-electron chi connectivity index (χ4n) is 1.58. The van der Waals surface area contributed by atoms with Gasteiger partial charge < -0.3 is 4.74 Å². The number of hydrogen-bond acceptors (Lipinski definition) is 3. The van der Waals surface area contributed by atoms with Crippen molar-refractivity contribution < 1.29 is 13.2 Å². The molecule has 0 aromatic heterocycles. The molecule has 2 rings (SSSR count). The molecule has 0 heterocycles. The highest BCUT2D eigenvalue weighted by Crippen LogP contribution is 2.18. The summed E-state index contributed by atoms with van der Waals surface area (Å²) in [6.45, 7) is 0.415. The summed E-state index contributed by atoms with van der Waals surface area (Å²) in [5, 5.41) is 2.22. The minimum atomic E-state index is -3.32. The van der Waals surface area contributed by atoms with Crippen LogP contribution < -0.4 is 4.74 Å². The Morgan fingerprint density at radius 2 is 1.65 bits per heavy atom. The van der Waals surface area contributed by atoms with Gasteiger partial charge in [-0.05, 0) is 23.6 Å². The molecule has 0 aliphatic rings. The van der Waals surface area contributed by atoms with Crippen LogP contribution in [0.15, 0.2) is 54.6 Å². The average Bonchev–Trinajstić information content (AvgIpc) is 2.44. The van der Waals surface area contributed by atoms with Gasteiger partial charge in [-0.25, -0.2) is 8.42 Å². The van der Waals surface area contributed by atoms with E-state index in [4.69, 9.17) is 4.74 Å². The molecule has 0 fully saturated rings. The standard InChI is InChI=1S/C16H14O3S/c1-20(17,18)12-11-15-9-5-6-10-16(15)19-13-14-7-3-2-4-8-14/h2-10H,13H2,1H3. The van der Waals surface area contributed by atoms with Gasteiger partial charge in [-0.3, -0.25) is 0 Å². The maximum atomic E-state index is 11.1. The van der Waals surface area contributed by atoms with Crippen molar-refractivity contribution >= 4 is 9.84 Å². The van der Waals surface area contributed by atoms with Crippen LogP contribution in [0.3, 0.4) is 0 Å². The monoisotopic (exact) mass is 286 g/mol. The highest BCUT2D eigenvalue weighted by atomic mass is 32.2. The Bertz CT molecular complexity index is 738. The molecule has 0 unspecified atom stereocenters. The van der Waals surface area contributed by atoms with Gasteiger partial charge >= 0.3 is 0 Å². The smallest absolute Gasteiger partial charge is 0.214 e. The van der Waals surface area contributed by atoms with Gasteiger partial charge in [0, 0.05) is 5.25 Å². The predicted molar refractivity (Wildman–Crippen MR) is 78.9 cm³/mol. The number of rotatable bonds is 3. The van der Waals surface area contributed by atoms with Crippen molar-refractivity contribution in [3.63, 3.8) is 0 Å². The second kappa shape index (κ2) is 6.27.